The molecular formula is C11H19NO4. The zero-order valence-electron chi connectivity index (χ0n) is 9.82. The third-order valence-electron chi connectivity index (χ3n) is 2.15. The van der Waals surface area contributed by atoms with Crippen molar-refractivity contribution in [2.45, 2.75) is 33.1 Å². The molecule has 2 N–H and O–H groups in total. The molecule has 1 atom stereocenters. The van der Waals surface area contributed by atoms with Gasteiger partial charge in [0.25, 0.3) is 0 Å². The van der Waals surface area contributed by atoms with E-state index in [1.807, 2.05) is 0 Å². The molecule has 0 saturated carbocycles. The maximum absolute atomic E-state index is 11.5. The van der Waals surface area contributed by atoms with Crippen LogP contribution in [-0.4, -0.2) is 30.7 Å². The average Bonchev–Trinajstić information content (AvgIpc) is 2.24. The predicted octanol–water partition coefficient (Wildman–Crippen LogP) is 0.453. The van der Waals surface area contributed by atoms with Crippen molar-refractivity contribution in [3.63, 3.8) is 0 Å². The normalized spacial score (nSPS) is 11.9. The molecule has 0 aliphatic carbocycles. The zero-order valence-corrected chi connectivity index (χ0v) is 9.82. The SMILES string of the molecule is CCC(=O)COC(=O)C(CCN)CC(C)=O. The molecule has 0 aliphatic rings. The van der Waals surface area contributed by atoms with E-state index < -0.39 is 11.9 Å². The van der Waals surface area contributed by atoms with Crippen molar-refractivity contribution >= 4 is 17.5 Å². The molecule has 5 heteroatoms. The Morgan fingerprint density at radius 1 is 1.31 bits per heavy atom. The van der Waals surface area contributed by atoms with Gasteiger partial charge in [-0.3, -0.25) is 9.59 Å². The Bertz CT molecular complexity index is 263. The van der Waals surface area contributed by atoms with Crippen LogP contribution >= 0.6 is 0 Å². The Kier molecular flexibility index (Phi) is 7.37. The molecule has 0 fully saturated rings. The first-order chi connectivity index (χ1) is 7.51. The third kappa shape index (κ3) is 6.29. The topological polar surface area (TPSA) is 86.5 Å². The molecule has 0 spiro atoms. The monoisotopic (exact) mass is 229 g/mol. The molecule has 0 aromatic rings. The van der Waals surface area contributed by atoms with Gasteiger partial charge in [0.15, 0.2) is 5.78 Å². The van der Waals surface area contributed by atoms with E-state index in [4.69, 9.17) is 10.5 Å². The van der Waals surface area contributed by atoms with Gasteiger partial charge in [0.1, 0.15) is 12.4 Å². The van der Waals surface area contributed by atoms with Crippen LogP contribution in [0.2, 0.25) is 0 Å². The Balaban J connectivity index is 4.16. The summed E-state index contributed by atoms with van der Waals surface area (Å²) in [7, 11) is 0. The number of ketones is 2. The van der Waals surface area contributed by atoms with E-state index in [-0.39, 0.29) is 24.6 Å². The number of rotatable bonds is 8. The fourth-order valence-corrected chi connectivity index (χ4v) is 1.22. The van der Waals surface area contributed by atoms with Crippen LogP contribution in [0, 0.1) is 5.92 Å². The second kappa shape index (κ2) is 7.98. The van der Waals surface area contributed by atoms with Gasteiger partial charge < -0.3 is 15.3 Å². The van der Waals surface area contributed by atoms with Crippen molar-refractivity contribution in [3.05, 3.63) is 0 Å². The lowest BCUT2D eigenvalue weighted by molar-refractivity contribution is -0.153. The smallest absolute Gasteiger partial charge is 0.309 e. The summed E-state index contributed by atoms with van der Waals surface area (Å²) in [6.45, 7) is 3.21. The molecule has 1 unspecified atom stereocenters. The maximum atomic E-state index is 11.5. The van der Waals surface area contributed by atoms with Crippen LogP contribution in [0.15, 0.2) is 0 Å². The molecule has 0 radical (unpaired) electrons. The number of carbonyl (C=O) groups is 3. The van der Waals surface area contributed by atoms with Crippen LogP contribution in [-0.2, 0) is 19.1 Å². The van der Waals surface area contributed by atoms with Gasteiger partial charge in [0, 0.05) is 12.8 Å². The minimum atomic E-state index is -0.521. The fraction of sp³-hybridized carbons (Fsp3) is 0.727. The lowest BCUT2D eigenvalue weighted by atomic mass is 9.99. The van der Waals surface area contributed by atoms with Gasteiger partial charge in [0.05, 0.1) is 5.92 Å². The highest BCUT2D eigenvalue weighted by Gasteiger charge is 2.21. The standard InChI is InChI=1S/C11H19NO4/c1-3-10(14)7-16-11(15)9(4-5-12)6-8(2)13/h9H,3-7,12H2,1-2H3. The van der Waals surface area contributed by atoms with Crippen molar-refractivity contribution in [1.82, 2.24) is 0 Å². The number of esters is 1. The maximum Gasteiger partial charge on any atom is 0.309 e. The van der Waals surface area contributed by atoms with Crippen LogP contribution in [0.3, 0.4) is 0 Å². The van der Waals surface area contributed by atoms with Gasteiger partial charge in [-0.1, -0.05) is 6.92 Å². The molecule has 0 heterocycles. The quantitative estimate of drug-likeness (QED) is 0.611. The molecule has 16 heavy (non-hydrogen) atoms. The molecular weight excluding hydrogens is 210 g/mol. The number of carbonyl (C=O) groups excluding carboxylic acids is 3. The second-order valence-corrected chi connectivity index (χ2v) is 3.68. The van der Waals surface area contributed by atoms with Crippen LogP contribution in [0.4, 0.5) is 0 Å². The summed E-state index contributed by atoms with van der Waals surface area (Å²) < 4.78 is 4.81. The summed E-state index contributed by atoms with van der Waals surface area (Å²) in [5, 5.41) is 0. The molecule has 0 aromatic heterocycles. The minimum Gasteiger partial charge on any atom is -0.457 e. The summed E-state index contributed by atoms with van der Waals surface area (Å²) in [5.74, 6) is -1.26. The lowest BCUT2D eigenvalue weighted by Crippen LogP contribution is -2.25. The van der Waals surface area contributed by atoms with Crippen molar-refractivity contribution in [3.8, 4) is 0 Å². The van der Waals surface area contributed by atoms with Gasteiger partial charge in [-0.25, -0.2) is 0 Å². The van der Waals surface area contributed by atoms with Crippen LogP contribution in [0.25, 0.3) is 0 Å². The van der Waals surface area contributed by atoms with E-state index in [1.165, 1.54) is 6.92 Å². The molecule has 92 valence electrons. The molecule has 0 saturated heterocycles. The Labute approximate surface area is 95.3 Å². The molecule has 0 rings (SSSR count). The van der Waals surface area contributed by atoms with Crippen LogP contribution in [0.5, 0.6) is 0 Å². The summed E-state index contributed by atoms with van der Waals surface area (Å²) in [6.07, 6.45) is 0.858. The Hall–Kier alpha value is -1.23. The highest BCUT2D eigenvalue weighted by atomic mass is 16.5. The summed E-state index contributed by atoms with van der Waals surface area (Å²) >= 11 is 0. The number of ether oxygens (including phenoxy) is 1. The van der Waals surface area contributed by atoms with Crippen molar-refractivity contribution in [2.24, 2.45) is 11.7 Å². The highest BCUT2D eigenvalue weighted by molar-refractivity contribution is 5.85. The van der Waals surface area contributed by atoms with E-state index in [2.05, 4.69) is 0 Å². The molecule has 0 aromatic carbocycles. The summed E-state index contributed by atoms with van der Waals surface area (Å²) in [4.78, 5) is 33.4. The van der Waals surface area contributed by atoms with Gasteiger partial charge >= 0.3 is 5.97 Å². The summed E-state index contributed by atoms with van der Waals surface area (Å²) in [5.41, 5.74) is 5.34. The first-order valence-corrected chi connectivity index (χ1v) is 5.39. The number of hydrogen-bond donors (Lipinski definition) is 1. The van der Waals surface area contributed by atoms with E-state index in [9.17, 15) is 14.4 Å². The highest BCUT2D eigenvalue weighted by Crippen LogP contribution is 2.10. The first-order valence-electron chi connectivity index (χ1n) is 5.39. The van der Waals surface area contributed by atoms with Crippen LogP contribution in [0.1, 0.15) is 33.1 Å². The van der Waals surface area contributed by atoms with Crippen molar-refractivity contribution < 1.29 is 19.1 Å². The molecule has 0 aliphatic heterocycles. The number of hydrogen-bond acceptors (Lipinski definition) is 5. The zero-order chi connectivity index (χ0) is 12.6. The van der Waals surface area contributed by atoms with E-state index >= 15 is 0 Å². The minimum absolute atomic E-state index is 0.0859. The van der Waals surface area contributed by atoms with Gasteiger partial charge in [-0.2, -0.15) is 0 Å². The van der Waals surface area contributed by atoms with Crippen molar-refractivity contribution in [2.75, 3.05) is 13.2 Å². The largest absolute Gasteiger partial charge is 0.457 e. The van der Waals surface area contributed by atoms with Gasteiger partial charge in [-0.05, 0) is 19.9 Å². The van der Waals surface area contributed by atoms with Crippen LogP contribution < -0.4 is 5.73 Å². The number of Topliss-reactive ketones (excluding diaryl/α,β-unsaturated/α-hetero) is 2. The number of nitrogens with two attached hydrogens (primary N) is 1. The molecule has 0 amide bonds. The van der Waals surface area contributed by atoms with Gasteiger partial charge in [-0.15, -0.1) is 0 Å². The molecule has 5 nitrogen and oxygen atoms in total. The van der Waals surface area contributed by atoms with E-state index in [0.717, 1.165) is 0 Å². The van der Waals surface area contributed by atoms with E-state index in [1.54, 1.807) is 6.92 Å². The third-order valence-corrected chi connectivity index (χ3v) is 2.15. The first kappa shape index (κ1) is 14.8. The second-order valence-electron chi connectivity index (χ2n) is 3.68. The molecule has 0 bridgehead atoms. The van der Waals surface area contributed by atoms with E-state index in [0.29, 0.717) is 19.4 Å². The fourth-order valence-electron chi connectivity index (χ4n) is 1.22. The summed E-state index contributed by atoms with van der Waals surface area (Å²) in [6, 6.07) is 0. The van der Waals surface area contributed by atoms with Crippen molar-refractivity contribution in [1.29, 1.82) is 0 Å². The lowest BCUT2D eigenvalue weighted by Gasteiger charge is -2.13. The Morgan fingerprint density at radius 2 is 1.94 bits per heavy atom. The average molecular weight is 229 g/mol. The predicted molar refractivity (Wildman–Crippen MR) is 58.7 cm³/mol. The van der Waals surface area contributed by atoms with Gasteiger partial charge in [0.2, 0.25) is 0 Å². The Morgan fingerprint density at radius 3 is 2.38 bits per heavy atom.